The average molecular weight is 312 g/mol. The Morgan fingerprint density at radius 2 is 2.00 bits per heavy atom. The zero-order chi connectivity index (χ0) is 16.3. The van der Waals surface area contributed by atoms with Crippen LogP contribution in [0.4, 0.5) is 24.7 Å². The number of nitrogens with one attached hydrogen (secondary N) is 2. The number of amides is 1. The number of benzene rings is 1. The highest BCUT2D eigenvalue weighted by atomic mass is 19.4. The van der Waals surface area contributed by atoms with Crippen LogP contribution in [0.15, 0.2) is 30.3 Å². The van der Waals surface area contributed by atoms with Gasteiger partial charge in [0.2, 0.25) is 5.91 Å². The standard InChI is InChI=1S/C14H15F3N4O/c1-9(22)19-11-6-4-3-5-10(11)8-18-13-7-12(14(15,16)17)21(2)20-13/h3-7H,8H2,1-2H3,(H,18,20)(H,19,22). The summed E-state index contributed by atoms with van der Waals surface area (Å²) >= 11 is 0. The smallest absolute Gasteiger partial charge is 0.364 e. The second-order valence-corrected chi connectivity index (χ2v) is 4.73. The SMILES string of the molecule is CC(=O)Nc1ccccc1CNc1cc(C(F)(F)F)n(C)n1. The molecule has 118 valence electrons. The van der Waals surface area contributed by atoms with Crippen molar-refractivity contribution < 1.29 is 18.0 Å². The molecule has 0 fully saturated rings. The van der Waals surface area contributed by atoms with Crippen LogP contribution in [0.1, 0.15) is 18.2 Å². The predicted octanol–water partition coefficient (Wildman–Crippen LogP) is 3.01. The number of aryl methyl sites for hydroxylation is 1. The maximum Gasteiger partial charge on any atom is 0.433 e. The predicted molar refractivity (Wildman–Crippen MR) is 76.3 cm³/mol. The lowest BCUT2D eigenvalue weighted by molar-refractivity contribution is -0.143. The molecule has 1 aromatic carbocycles. The van der Waals surface area contributed by atoms with Gasteiger partial charge in [-0.15, -0.1) is 0 Å². The van der Waals surface area contributed by atoms with Gasteiger partial charge in [0.05, 0.1) is 0 Å². The van der Waals surface area contributed by atoms with Crippen LogP contribution in [0.2, 0.25) is 0 Å². The van der Waals surface area contributed by atoms with E-state index in [0.717, 1.165) is 16.3 Å². The Balaban J connectivity index is 2.13. The van der Waals surface area contributed by atoms with Crippen LogP contribution in [0.25, 0.3) is 0 Å². The van der Waals surface area contributed by atoms with Crippen LogP contribution in [-0.2, 0) is 24.6 Å². The number of aromatic nitrogens is 2. The van der Waals surface area contributed by atoms with E-state index in [1.807, 2.05) is 0 Å². The monoisotopic (exact) mass is 312 g/mol. The molecule has 0 saturated carbocycles. The number of rotatable bonds is 4. The number of nitrogens with zero attached hydrogens (tertiary/aromatic N) is 2. The Morgan fingerprint density at radius 3 is 2.59 bits per heavy atom. The van der Waals surface area contributed by atoms with Crippen molar-refractivity contribution in [1.29, 1.82) is 0 Å². The van der Waals surface area contributed by atoms with Crippen molar-refractivity contribution in [3.63, 3.8) is 0 Å². The van der Waals surface area contributed by atoms with Crippen LogP contribution in [0, 0.1) is 0 Å². The number of hydrogen-bond acceptors (Lipinski definition) is 3. The molecule has 2 rings (SSSR count). The molecule has 8 heteroatoms. The van der Waals surface area contributed by atoms with Gasteiger partial charge in [-0.1, -0.05) is 18.2 Å². The van der Waals surface area contributed by atoms with Gasteiger partial charge in [-0.05, 0) is 11.6 Å². The quantitative estimate of drug-likeness (QED) is 0.912. The molecule has 0 aliphatic carbocycles. The zero-order valence-electron chi connectivity index (χ0n) is 12.0. The second kappa shape index (κ2) is 6.08. The molecule has 0 aliphatic heterocycles. The molecule has 0 aliphatic rings. The molecular weight excluding hydrogens is 297 g/mol. The minimum absolute atomic E-state index is 0.118. The molecule has 5 nitrogen and oxygen atoms in total. The van der Waals surface area contributed by atoms with E-state index in [4.69, 9.17) is 0 Å². The fourth-order valence-electron chi connectivity index (χ4n) is 1.99. The molecule has 1 heterocycles. The third-order valence-electron chi connectivity index (χ3n) is 2.96. The number of carbonyl (C=O) groups is 1. The fraction of sp³-hybridized carbons (Fsp3) is 0.286. The maximum atomic E-state index is 12.7. The minimum Gasteiger partial charge on any atom is -0.364 e. The van der Waals surface area contributed by atoms with Crippen molar-refractivity contribution in [2.24, 2.45) is 7.05 Å². The molecule has 0 bridgehead atoms. The molecule has 0 radical (unpaired) electrons. The lowest BCUT2D eigenvalue weighted by Crippen LogP contribution is -2.11. The topological polar surface area (TPSA) is 59.0 Å². The van der Waals surface area contributed by atoms with Crippen LogP contribution < -0.4 is 10.6 Å². The van der Waals surface area contributed by atoms with Crippen molar-refractivity contribution in [3.05, 3.63) is 41.6 Å². The summed E-state index contributed by atoms with van der Waals surface area (Å²) in [6.07, 6.45) is -4.45. The summed E-state index contributed by atoms with van der Waals surface area (Å²) in [4.78, 5) is 11.1. The minimum atomic E-state index is -4.45. The van der Waals surface area contributed by atoms with Crippen LogP contribution >= 0.6 is 0 Å². The molecule has 0 unspecified atom stereocenters. The highest BCUT2D eigenvalue weighted by Gasteiger charge is 2.34. The number of hydrogen-bond donors (Lipinski definition) is 2. The molecule has 0 spiro atoms. The van der Waals surface area contributed by atoms with Crippen molar-refractivity contribution in [1.82, 2.24) is 9.78 Å². The Morgan fingerprint density at radius 1 is 1.32 bits per heavy atom. The first-order valence-electron chi connectivity index (χ1n) is 6.48. The van der Waals surface area contributed by atoms with E-state index in [2.05, 4.69) is 15.7 Å². The lowest BCUT2D eigenvalue weighted by atomic mass is 10.1. The molecule has 2 aromatic rings. The first-order chi connectivity index (χ1) is 10.3. The normalized spacial score (nSPS) is 11.3. The highest BCUT2D eigenvalue weighted by molar-refractivity contribution is 5.89. The molecule has 0 saturated heterocycles. The largest absolute Gasteiger partial charge is 0.433 e. The average Bonchev–Trinajstić information content (AvgIpc) is 2.78. The van der Waals surface area contributed by atoms with E-state index in [-0.39, 0.29) is 18.3 Å². The van der Waals surface area contributed by atoms with Crippen molar-refractivity contribution >= 4 is 17.4 Å². The summed E-state index contributed by atoms with van der Waals surface area (Å²) in [5.74, 6) is -0.0999. The van der Waals surface area contributed by atoms with Gasteiger partial charge in [0.15, 0.2) is 0 Å². The Hall–Kier alpha value is -2.51. The van der Waals surface area contributed by atoms with Gasteiger partial charge in [-0.25, -0.2) is 0 Å². The van der Waals surface area contributed by atoms with Crippen LogP contribution in [0.3, 0.4) is 0 Å². The Kier molecular flexibility index (Phi) is 4.39. The zero-order valence-corrected chi connectivity index (χ0v) is 12.0. The van der Waals surface area contributed by atoms with Crippen LogP contribution in [-0.4, -0.2) is 15.7 Å². The number of halogens is 3. The van der Waals surface area contributed by atoms with E-state index >= 15 is 0 Å². The molecular formula is C14H15F3N4O. The summed E-state index contributed by atoms with van der Waals surface area (Å²) < 4.78 is 38.9. The molecule has 1 aromatic heterocycles. The van der Waals surface area contributed by atoms with Gasteiger partial charge in [0.25, 0.3) is 0 Å². The third kappa shape index (κ3) is 3.78. The Labute approximate surface area is 125 Å². The van der Waals surface area contributed by atoms with Crippen molar-refractivity contribution in [2.75, 3.05) is 10.6 Å². The summed E-state index contributed by atoms with van der Waals surface area (Å²) in [7, 11) is 1.24. The summed E-state index contributed by atoms with van der Waals surface area (Å²) in [6.45, 7) is 1.63. The molecule has 2 N–H and O–H groups in total. The van der Waals surface area contributed by atoms with Gasteiger partial charge >= 0.3 is 6.18 Å². The van der Waals surface area contributed by atoms with E-state index in [9.17, 15) is 18.0 Å². The maximum absolute atomic E-state index is 12.7. The summed E-state index contributed by atoms with van der Waals surface area (Å²) in [5.41, 5.74) is 0.525. The lowest BCUT2D eigenvalue weighted by Gasteiger charge is -2.10. The number of carbonyl (C=O) groups excluding carboxylic acids is 1. The van der Waals surface area contributed by atoms with Gasteiger partial charge in [-0.3, -0.25) is 9.48 Å². The number of alkyl halides is 3. The second-order valence-electron chi connectivity index (χ2n) is 4.73. The van der Waals surface area contributed by atoms with Crippen molar-refractivity contribution in [3.8, 4) is 0 Å². The fourth-order valence-corrected chi connectivity index (χ4v) is 1.99. The highest BCUT2D eigenvalue weighted by Crippen LogP contribution is 2.30. The molecule has 22 heavy (non-hydrogen) atoms. The molecule has 1 amide bonds. The van der Waals surface area contributed by atoms with Gasteiger partial charge < -0.3 is 10.6 Å². The van der Waals surface area contributed by atoms with E-state index in [1.54, 1.807) is 24.3 Å². The Bertz CT molecular complexity index is 679. The van der Waals surface area contributed by atoms with E-state index < -0.39 is 11.9 Å². The first-order valence-corrected chi connectivity index (χ1v) is 6.48. The summed E-state index contributed by atoms with van der Waals surface area (Å²) in [5, 5.41) is 9.27. The van der Waals surface area contributed by atoms with Crippen molar-refractivity contribution in [2.45, 2.75) is 19.6 Å². The third-order valence-corrected chi connectivity index (χ3v) is 2.96. The van der Waals surface area contributed by atoms with Crippen LogP contribution in [0.5, 0.6) is 0 Å². The van der Waals surface area contributed by atoms with E-state index in [1.165, 1.54) is 14.0 Å². The summed E-state index contributed by atoms with van der Waals surface area (Å²) in [6, 6.07) is 7.98. The van der Waals surface area contributed by atoms with Gasteiger partial charge in [0, 0.05) is 32.3 Å². The van der Waals surface area contributed by atoms with Gasteiger partial charge in [-0.2, -0.15) is 18.3 Å². The number of para-hydroxylation sites is 1. The number of anilines is 2. The van der Waals surface area contributed by atoms with Gasteiger partial charge in [0.1, 0.15) is 11.5 Å². The van der Waals surface area contributed by atoms with E-state index in [0.29, 0.717) is 5.69 Å². The first kappa shape index (κ1) is 15.9. The molecule has 0 atom stereocenters.